The van der Waals surface area contributed by atoms with Gasteiger partial charge in [-0.3, -0.25) is 9.36 Å². The van der Waals surface area contributed by atoms with E-state index in [0.29, 0.717) is 38.9 Å². The minimum absolute atomic E-state index is 0.159. The zero-order chi connectivity index (χ0) is 22.0. The van der Waals surface area contributed by atoms with E-state index >= 15 is 0 Å². The highest BCUT2D eigenvalue weighted by Gasteiger charge is 2.14. The number of hydrogen-bond donors (Lipinski definition) is 0. The Morgan fingerprint density at radius 3 is 2.48 bits per heavy atom. The maximum atomic E-state index is 13.4. The quantitative estimate of drug-likeness (QED) is 0.415. The van der Waals surface area contributed by atoms with Crippen molar-refractivity contribution in [2.45, 2.75) is 6.92 Å². The summed E-state index contributed by atoms with van der Waals surface area (Å²) in [4.78, 5) is 18.2. The number of rotatable bonds is 5. The monoisotopic (exact) mass is 432 g/mol. The Morgan fingerprint density at radius 2 is 1.71 bits per heavy atom. The summed E-state index contributed by atoms with van der Waals surface area (Å²) >= 11 is 6.35. The Kier molecular flexibility index (Phi) is 5.78. The van der Waals surface area contributed by atoms with E-state index in [1.165, 1.54) is 0 Å². The maximum Gasteiger partial charge on any atom is 0.266 e. The van der Waals surface area contributed by atoms with Crippen molar-refractivity contribution in [1.82, 2.24) is 9.55 Å². The lowest BCUT2D eigenvalue weighted by Gasteiger charge is -2.15. The van der Waals surface area contributed by atoms with Gasteiger partial charge in [0.15, 0.2) is 11.5 Å². The predicted octanol–water partition coefficient (Wildman–Crippen LogP) is 5.54. The summed E-state index contributed by atoms with van der Waals surface area (Å²) in [6, 6.07) is 18.4. The number of fused-ring (bicyclic) bond motifs is 1. The van der Waals surface area contributed by atoms with Crippen LogP contribution in [0.15, 0.2) is 65.5 Å². The fraction of sp³-hybridized carbons (Fsp3) is 0.120. The lowest BCUT2D eigenvalue weighted by Crippen LogP contribution is -2.23. The van der Waals surface area contributed by atoms with Crippen LogP contribution < -0.4 is 15.0 Å². The molecule has 0 N–H and O–H groups in total. The van der Waals surface area contributed by atoms with Gasteiger partial charge in [0, 0.05) is 10.6 Å². The number of halogens is 1. The second-order valence-corrected chi connectivity index (χ2v) is 7.33. The van der Waals surface area contributed by atoms with Gasteiger partial charge in [-0.15, -0.1) is 0 Å². The third kappa shape index (κ3) is 3.80. The number of ether oxygens (including phenoxy) is 2. The summed E-state index contributed by atoms with van der Waals surface area (Å²) in [6.45, 7) is 1.89. The molecule has 4 aromatic rings. The summed E-state index contributed by atoms with van der Waals surface area (Å²) in [5.74, 6) is 1.72. The van der Waals surface area contributed by atoms with Gasteiger partial charge >= 0.3 is 0 Å². The van der Waals surface area contributed by atoms with E-state index in [0.717, 1.165) is 11.1 Å². The number of nitrogens with zero attached hydrogens (tertiary/aromatic N) is 2. The van der Waals surface area contributed by atoms with E-state index in [4.69, 9.17) is 26.1 Å². The van der Waals surface area contributed by atoms with Crippen LogP contribution in [0.5, 0.6) is 11.5 Å². The lowest BCUT2D eigenvalue weighted by atomic mass is 10.1. The summed E-state index contributed by atoms with van der Waals surface area (Å²) in [7, 11) is 3.19. The second kappa shape index (κ2) is 8.66. The minimum atomic E-state index is -0.159. The van der Waals surface area contributed by atoms with Gasteiger partial charge in [-0.1, -0.05) is 41.9 Å². The Hall–Kier alpha value is -3.57. The minimum Gasteiger partial charge on any atom is -0.493 e. The SMILES string of the molecule is COc1cccc(C=Cc2nc3ccccc3c(=O)n2-c2cccc(Cl)c2C)c1OC. The van der Waals surface area contributed by atoms with E-state index in [2.05, 4.69) is 0 Å². The number of hydrogen-bond acceptors (Lipinski definition) is 4. The summed E-state index contributed by atoms with van der Waals surface area (Å²) < 4.78 is 12.5. The van der Waals surface area contributed by atoms with Crippen molar-refractivity contribution in [3.8, 4) is 17.2 Å². The van der Waals surface area contributed by atoms with E-state index < -0.39 is 0 Å². The third-order valence-electron chi connectivity index (χ3n) is 5.13. The average molecular weight is 433 g/mol. The van der Waals surface area contributed by atoms with Crippen molar-refractivity contribution < 1.29 is 9.47 Å². The number of para-hydroxylation sites is 2. The summed E-state index contributed by atoms with van der Waals surface area (Å²) in [5.41, 5.74) is 2.76. The normalized spacial score (nSPS) is 11.2. The molecule has 0 aliphatic carbocycles. The van der Waals surface area contributed by atoms with Gasteiger partial charge in [0.05, 0.1) is 30.8 Å². The molecule has 0 saturated carbocycles. The van der Waals surface area contributed by atoms with Gasteiger partial charge in [-0.2, -0.15) is 0 Å². The van der Waals surface area contributed by atoms with Gasteiger partial charge in [-0.25, -0.2) is 4.98 Å². The smallest absolute Gasteiger partial charge is 0.266 e. The molecule has 0 unspecified atom stereocenters. The van der Waals surface area contributed by atoms with Gasteiger partial charge < -0.3 is 9.47 Å². The molecule has 3 aromatic carbocycles. The molecule has 5 nitrogen and oxygen atoms in total. The molecule has 1 heterocycles. The average Bonchev–Trinajstić information content (AvgIpc) is 2.79. The van der Waals surface area contributed by atoms with Gasteiger partial charge in [-0.05, 0) is 55.0 Å². The molecule has 0 saturated heterocycles. The highest BCUT2D eigenvalue weighted by molar-refractivity contribution is 6.31. The molecule has 0 radical (unpaired) electrons. The van der Waals surface area contributed by atoms with Crippen molar-refractivity contribution in [3.63, 3.8) is 0 Å². The van der Waals surface area contributed by atoms with E-state index in [-0.39, 0.29) is 5.56 Å². The van der Waals surface area contributed by atoms with Crippen LogP contribution in [0.1, 0.15) is 17.0 Å². The number of aromatic nitrogens is 2. The van der Waals surface area contributed by atoms with Crippen LogP contribution in [-0.2, 0) is 0 Å². The molecule has 31 heavy (non-hydrogen) atoms. The molecule has 0 spiro atoms. The van der Waals surface area contributed by atoms with Crippen molar-refractivity contribution in [2.75, 3.05) is 14.2 Å². The van der Waals surface area contributed by atoms with Crippen molar-refractivity contribution >= 4 is 34.7 Å². The molecule has 156 valence electrons. The molecule has 4 rings (SSSR count). The van der Waals surface area contributed by atoms with Crippen molar-refractivity contribution in [2.24, 2.45) is 0 Å². The molecular weight excluding hydrogens is 412 g/mol. The molecule has 1 aromatic heterocycles. The molecule has 6 heteroatoms. The zero-order valence-corrected chi connectivity index (χ0v) is 18.2. The van der Waals surface area contributed by atoms with Crippen LogP contribution in [-0.4, -0.2) is 23.8 Å². The molecule has 0 amide bonds. The Bertz CT molecular complexity index is 1360. The first-order valence-electron chi connectivity index (χ1n) is 9.71. The topological polar surface area (TPSA) is 53.3 Å². The second-order valence-electron chi connectivity index (χ2n) is 6.93. The Balaban J connectivity index is 1.97. The Morgan fingerprint density at radius 1 is 0.935 bits per heavy atom. The first-order valence-corrected chi connectivity index (χ1v) is 10.1. The molecule has 0 fully saturated rings. The van der Waals surface area contributed by atoms with Crippen LogP contribution in [0.4, 0.5) is 0 Å². The molecule has 0 atom stereocenters. The zero-order valence-electron chi connectivity index (χ0n) is 17.4. The van der Waals surface area contributed by atoms with Crippen LogP contribution in [0.3, 0.4) is 0 Å². The van der Waals surface area contributed by atoms with E-state index in [9.17, 15) is 4.79 Å². The summed E-state index contributed by atoms with van der Waals surface area (Å²) in [6.07, 6.45) is 3.65. The maximum absolute atomic E-state index is 13.4. The van der Waals surface area contributed by atoms with Crippen molar-refractivity contribution in [3.05, 3.63) is 93.0 Å². The van der Waals surface area contributed by atoms with Gasteiger partial charge in [0.2, 0.25) is 0 Å². The van der Waals surface area contributed by atoms with Gasteiger partial charge in [0.1, 0.15) is 5.82 Å². The van der Waals surface area contributed by atoms with Crippen LogP contribution in [0, 0.1) is 6.92 Å². The third-order valence-corrected chi connectivity index (χ3v) is 5.54. The van der Waals surface area contributed by atoms with Crippen LogP contribution >= 0.6 is 11.6 Å². The first-order chi connectivity index (χ1) is 15.0. The first kappa shape index (κ1) is 20.7. The lowest BCUT2D eigenvalue weighted by molar-refractivity contribution is 0.354. The standard InChI is InChI=1S/C25H21ClN2O3/c1-16-19(26)10-7-12-21(16)28-23(27-20-11-5-4-9-18(20)25(28)29)15-14-17-8-6-13-22(30-2)24(17)31-3/h4-15H,1-3H3. The largest absolute Gasteiger partial charge is 0.493 e. The molecule has 0 aliphatic heterocycles. The number of methoxy groups -OCH3 is 2. The van der Waals surface area contributed by atoms with Crippen molar-refractivity contribution in [1.29, 1.82) is 0 Å². The van der Waals surface area contributed by atoms with E-state index in [1.807, 2.05) is 61.5 Å². The fourth-order valence-electron chi connectivity index (χ4n) is 3.54. The van der Waals surface area contributed by atoms with E-state index in [1.54, 1.807) is 37.0 Å². The molecule has 0 bridgehead atoms. The fourth-order valence-corrected chi connectivity index (χ4v) is 3.71. The van der Waals surface area contributed by atoms with Gasteiger partial charge in [0.25, 0.3) is 5.56 Å². The Labute approximate surface area is 185 Å². The summed E-state index contributed by atoms with van der Waals surface area (Å²) in [5, 5.41) is 1.12. The highest BCUT2D eigenvalue weighted by Crippen LogP contribution is 2.32. The predicted molar refractivity (Wildman–Crippen MR) is 126 cm³/mol. The van der Waals surface area contributed by atoms with Crippen LogP contribution in [0.25, 0.3) is 28.7 Å². The molecule has 0 aliphatic rings. The highest BCUT2D eigenvalue weighted by atomic mass is 35.5. The van der Waals surface area contributed by atoms with Crippen LogP contribution in [0.2, 0.25) is 5.02 Å². The number of benzene rings is 3. The molecular formula is C25H21ClN2O3.